The minimum atomic E-state index is -3.75. The first-order valence-corrected chi connectivity index (χ1v) is 12.6. The molecule has 0 bridgehead atoms. The van der Waals surface area contributed by atoms with Crippen molar-refractivity contribution in [2.24, 2.45) is 0 Å². The summed E-state index contributed by atoms with van der Waals surface area (Å²) in [6.45, 7) is 2.75. The molecule has 2 aromatic carbocycles. The molecule has 0 spiro atoms. The summed E-state index contributed by atoms with van der Waals surface area (Å²) >= 11 is 1.64. The molecule has 0 saturated heterocycles. The topological polar surface area (TPSA) is 95.6 Å². The minimum Gasteiger partial charge on any atom is -0.267 e. The van der Waals surface area contributed by atoms with E-state index in [0.29, 0.717) is 25.1 Å². The van der Waals surface area contributed by atoms with E-state index in [1.807, 2.05) is 30.5 Å². The highest BCUT2D eigenvalue weighted by Gasteiger charge is 2.29. The van der Waals surface area contributed by atoms with Crippen molar-refractivity contribution < 1.29 is 18.0 Å². The standard InChI is InChI=1S/C23H23N3O4S2/c1-2-16-6-8-17(9-7-16)22(27)24-25-23(28)18-4-3-5-20(14-18)32(29,30)26-12-10-21-19(15-26)11-13-31-21/h3-9,11,13-14H,2,10,12,15H2,1H3,(H,24,27)(H,25,28). The van der Waals surface area contributed by atoms with Crippen LogP contribution in [0.15, 0.2) is 64.9 Å². The van der Waals surface area contributed by atoms with E-state index in [0.717, 1.165) is 17.5 Å². The highest BCUT2D eigenvalue weighted by Crippen LogP contribution is 2.28. The molecule has 0 aliphatic carbocycles. The highest BCUT2D eigenvalue weighted by molar-refractivity contribution is 7.89. The molecule has 0 atom stereocenters. The lowest BCUT2D eigenvalue weighted by Gasteiger charge is -2.26. The molecule has 1 aliphatic heterocycles. The largest absolute Gasteiger partial charge is 0.269 e. The summed E-state index contributed by atoms with van der Waals surface area (Å²) in [5.41, 5.74) is 7.39. The van der Waals surface area contributed by atoms with Gasteiger partial charge in [-0.1, -0.05) is 25.1 Å². The second kappa shape index (κ2) is 9.23. The maximum Gasteiger partial charge on any atom is 0.269 e. The molecule has 0 fully saturated rings. The summed E-state index contributed by atoms with van der Waals surface area (Å²) in [5.74, 6) is -1.05. The Kier molecular flexibility index (Phi) is 6.40. The Morgan fingerprint density at radius 1 is 1.00 bits per heavy atom. The van der Waals surface area contributed by atoms with Gasteiger partial charge < -0.3 is 0 Å². The molecule has 3 aromatic rings. The van der Waals surface area contributed by atoms with E-state index in [1.165, 1.54) is 33.4 Å². The molecule has 0 unspecified atom stereocenters. The van der Waals surface area contributed by atoms with Gasteiger partial charge in [0.15, 0.2) is 0 Å². The molecule has 1 aromatic heterocycles. The van der Waals surface area contributed by atoms with Crippen LogP contribution in [0.25, 0.3) is 0 Å². The first-order valence-electron chi connectivity index (χ1n) is 10.2. The van der Waals surface area contributed by atoms with Gasteiger partial charge in [-0.3, -0.25) is 20.4 Å². The number of rotatable bonds is 5. The predicted octanol–water partition coefficient (Wildman–Crippen LogP) is 3.13. The lowest BCUT2D eigenvalue weighted by molar-refractivity contribution is 0.0846. The van der Waals surface area contributed by atoms with Crippen molar-refractivity contribution in [1.82, 2.24) is 15.2 Å². The first kappa shape index (κ1) is 22.2. The fraction of sp³-hybridized carbons (Fsp3) is 0.217. The average molecular weight is 470 g/mol. The quantitative estimate of drug-likeness (QED) is 0.561. The van der Waals surface area contributed by atoms with Crippen LogP contribution in [-0.4, -0.2) is 31.1 Å². The molecule has 1 aliphatic rings. The SMILES string of the molecule is CCc1ccc(C(=O)NNC(=O)c2cccc(S(=O)(=O)N3CCc4sccc4C3)c2)cc1. The summed E-state index contributed by atoms with van der Waals surface area (Å²) in [6.07, 6.45) is 1.54. The Labute approximate surface area is 191 Å². The van der Waals surface area contributed by atoms with Gasteiger partial charge in [0.2, 0.25) is 10.0 Å². The zero-order valence-electron chi connectivity index (χ0n) is 17.5. The molecule has 166 valence electrons. The predicted molar refractivity (Wildman–Crippen MR) is 123 cm³/mol. The Morgan fingerprint density at radius 2 is 1.72 bits per heavy atom. The van der Waals surface area contributed by atoms with E-state index in [-0.39, 0.29) is 10.5 Å². The number of carbonyl (C=O) groups is 2. The van der Waals surface area contributed by atoms with Crippen molar-refractivity contribution in [3.05, 3.63) is 87.1 Å². The Bertz CT molecular complexity index is 1250. The van der Waals surface area contributed by atoms with Crippen LogP contribution in [0.2, 0.25) is 0 Å². The molecular formula is C23H23N3O4S2. The molecular weight excluding hydrogens is 446 g/mol. The lowest BCUT2D eigenvalue weighted by atomic mass is 10.1. The van der Waals surface area contributed by atoms with E-state index < -0.39 is 21.8 Å². The van der Waals surface area contributed by atoms with Gasteiger partial charge in [0.05, 0.1) is 4.90 Å². The van der Waals surface area contributed by atoms with Crippen molar-refractivity contribution >= 4 is 33.2 Å². The second-order valence-electron chi connectivity index (χ2n) is 7.44. The number of sulfonamides is 1. The van der Waals surface area contributed by atoms with Crippen LogP contribution in [0.3, 0.4) is 0 Å². The van der Waals surface area contributed by atoms with Gasteiger partial charge in [-0.15, -0.1) is 11.3 Å². The van der Waals surface area contributed by atoms with Gasteiger partial charge in [0, 0.05) is 29.1 Å². The van der Waals surface area contributed by atoms with Crippen LogP contribution >= 0.6 is 11.3 Å². The van der Waals surface area contributed by atoms with Gasteiger partial charge in [0.25, 0.3) is 11.8 Å². The number of carbonyl (C=O) groups excluding carboxylic acids is 2. The van der Waals surface area contributed by atoms with Gasteiger partial charge in [-0.2, -0.15) is 4.31 Å². The third-order valence-corrected chi connectivity index (χ3v) is 8.28. The van der Waals surface area contributed by atoms with Crippen LogP contribution in [0.1, 0.15) is 43.6 Å². The number of hydrogen-bond acceptors (Lipinski definition) is 5. The smallest absolute Gasteiger partial charge is 0.267 e. The fourth-order valence-electron chi connectivity index (χ4n) is 3.52. The number of thiophene rings is 1. The van der Waals surface area contributed by atoms with E-state index in [1.54, 1.807) is 23.5 Å². The van der Waals surface area contributed by atoms with E-state index >= 15 is 0 Å². The number of hydrazine groups is 1. The Hall–Kier alpha value is -3.01. The number of nitrogens with zero attached hydrogens (tertiary/aromatic N) is 1. The number of nitrogens with one attached hydrogen (secondary N) is 2. The van der Waals surface area contributed by atoms with Crippen molar-refractivity contribution in [3.63, 3.8) is 0 Å². The molecule has 0 radical (unpaired) electrons. The summed E-state index contributed by atoms with van der Waals surface area (Å²) in [6, 6.07) is 14.9. The fourth-order valence-corrected chi connectivity index (χ4v) is 5.88. The maximum absolute atomic E-state index is 13.1. The Morgan fingerprint density at radius 3 is 2.44 bits per heavy atom. The van der Waals surface area contributed by atoms with E-state index in [2.05, 4.69) is 10.9 Å². The highest BCUT2D eigenvalue weighted by atomic mass is 32.2. The van der Waals surface area contributed by atoms with Crippen molar-refractivity contribution in [3.8, 4) is 0 Å². The number of aryl methyl sites for hydroxylation is 1. The molecule has 2 heterocycles. The van der Waals surface area contributed by atoms with Crippen LogP contribution in [-0.2, 0) is 29.4 Å². The molecule has 2 amide bonds. The van der Waals surface area contributed by atoms with Crippen molar-refractivity contribution in [2.75, 3.05) is 6.54 Å². The third kappa shape index (κ3) is 4.59. The van der Waals surface area contributed by atoms with Crippen molar-refractivity contribution in [2.45, 2.75) is 31.2 Å². The molecule has 4 rings (SSSR count). The Balaban J connectivity index is 1.44. The second-order valence-corrected chi connectivity index (χ2v) is 10.4. The van der Waals surface area contributed by atoms with Gasteiger partial charge >= 0.3 is 0 Å². The monoisotopic (exact) mass is 469 g/mol. The average Bonchev–Trinajstić information content (AvgIpc) is 3.30. The number of amides is 2. The zero-order valence-corrected chi connectivity index (χ0v) is 19.1. The number of benzene rings is 2. The maximum atomic E-state index is 13.1. The molecule has 32 heavy (non-hydrogen) atoms. The third-order valence-electron chi connectivity index (χ3n) is 5.42. The minimum absolute atomic E-state index is 0.0466. The van der Waals surface area contributed by atoms with Crippen molar-refractivity contribution in [1.29, 1.82) is 0 Å². The zero-order chi connectivity index (χ0) is 22.7. The van der Waals surface area contributed by atoms with Crippen LogP contribution in [0, 0.1) is 0 Å². The molecule has 0 saturated carbocycles. The van der Waals surface area contributed by atoms with Crippen LogP contribution < -0.4 is 10.9 Å². The van der Waals surface area contributed by atoms with Gasteiger partial charge in [-0.25, -0.2) is 8.42 Å². The molecule has 7 nitrogen and oxygen atoms in total. The molecule has 9 heteroatoms. The summed E-state index contributed by atoms with van der Waals surface area (Å²) < 4.78 is 27.7. The lowest BCUT2D eigenvalue weighted by Crippen LogP contribution is -2.41. The molecule has 2 N–H and O–H groups in total. The van der Waals surface area contributed by atoms with E-state index in [9.17, 15) is 18.0 Å². The van der Waals surface area contributed by atoms with Crippen LogP contribution in [0.5, 0.6) is 0 Å². The van der Waals surface area contributed by atoms with Gasteiger partial charge in [-0.05, 0) is 65.7 Å². The normalized spacial score (nSPS) is 13.9. The summed E-state index contributed by atoms with van der Waals surface area (Å²) in [4.78, 5) is 26.1. The van der Waals surface area contributed by atoms with E-state index in [4.69, 9.17) is 0 Å². The summed E-state index contributed by atoms with van der Waals surface area (Å²) in [5, 5.41) is 1.97. The van der Waals surface area contributed by atoms with Gasteiger partial charge in [0.1, 0.15) is 0 Å². The first-order chi connectivity index (χ1) is 15.4. The number of fused-ring (bicyclic) bond motifs is 1. The van der Waals surface area contributed by atoms with Crippen LogP contribution in [0.4, 0.5) is 0 Å². The number of hydrogen-bond donors (Lipinski definition) is 2. The summed E-state index contributed by atoms with van der Waals surface area (Å²) in [7, 11) is -3.75.